The minimum absolute atomic E-state index is 0.0371. The Morgan fingerprint density at radius 3 is 2.59 bits per heavy atom. The lowest BCUT2D eigenvalue weighted by Gasteiger charge is -2.09. The summed E-state index contributed by atoms with van der Waals surface area (Å²) in [6, 6.07) is 11.7. The highest BCUT2D eigenvalue weighted by molar-refractivity contribution is 7.98. The maximum absolute atomic E-state index is 13.7. The van der Waals surface area contributed by atoms with Crippen molar-refractivity contribution in [3.05, 3.63) is 76.8 Å². The van der Waals surface area contributed by atoms with Crippen molar-refractivity contribution in [2.45, 2.75) is 17.5 Å². The smallest absolute Gasteiger partial charge is 0.387 e. The Morgan fingerprint density at radius 2 is 1.90 bits per heavy atom. The van der Waals surface area contributed by atoms with Gasteiger partial charge in [-0.2, -0.15) is 8.78 Å². The van der Waals surface area contributed by atoms with Gasteiger partial charge in [-0.1, -0.05) is 41.6 Å². The SMILES string of the molecule is O=C(Nc1ccc(OC(F)F)cc1)c1nc(SCc2ccccc2F)ncc1Cl. The van der Waals surface area contributed by atoms with Crippen LogP contribution in [0.25, 0.3) is 0 Å². The molecule has 1 heterocycles. The molecule has 1 amide bonds. The molecule has 0 atom stereocenters. The number of aromatic nitrogens is 2. The molecule has 0 aliphatic carbocycles. The second-order valence-electron chi connectivity index (χ2n) is 5.59. The van der Waals surface area contributed by atoms with E-state index in [0.717, 1.165) is 11.8 Å². The van der Waals surface area contributed by atoms with Crippen LogP contribution in [0.1, 0.15) is 16.1 Å². The molecule has 0 fully saturated rings. The van der Waals surface area contributed by atoms with E-state index < -0.39 is 12.5 Å². The molecule has 2 aromatic carbocycles. The number of ether oxygens (including phenoxy) is 1. The first-order valence-corrected chi connectivity index (χ1v) is 9.53. The summed E-state index contributed by atoms with van der Waals surface area (Å²) in [6.07, 6.45) is 1.28. The first kappa shape index (κ1) is 20.9. The van der Waals surface area contributed by atoms with Gasteiger partial charge in [0.15, 0.2) is 10.9 Å². The van der Waals surface area contributed by atoms with E-state index in [4.69, 9.17) is 11.6 Å². The van der Waals surface area contributed by atoms with E-state index in [-0.39, 0.29) is 33.2 Å². The van der Waals surface area contributed by atoms with Crippen LogP contribution in [0.15, 0.2) is 59.9 Å². The monoisotopic (exact) mass is 439 g/mol. The molecule has 29 heavy (non-hydrogen) atoms. The van der Waals surface area contributed by atoms with Crippen LogP contribution in [-0.4, -0.2) is 22.5 Å². The van der Waals surface area contributed by atoms with Crippen LogP contribution in [0.5, 0.6) is 5.75 Å². The van der Waals surface area contributed by atoms with Gasteiger partial charge in [0, 0.05) is 11.4 Å². The Hall–Kier alpha value is -2.78. The summed E-state index contributed by atoms with van der Waals surface area (Å²) < 4.78 is 42.3. The fourth-order valence-electron chi connectivity index (χ4n) is 2.25. The number of hydrogen-bond acceptors (Lipinski definition) is 5. The Bertz CT molecular complexity index is 1010. The molecule has 0 saturated heterocycles. The topological polar surface area (TPSA) is 64.1 Å². The summed E-state index contributed by atoms with van der Waals surface area (Å²) in [6.45, 7) is -2.93. The molecule has 1 aromatic heterocycles. The first-order chi connectivity index (χ1) is 13.9. The van der Waals surface area contributed by atoms with Crippen molar-refractivity contribution in [1.29, 1.82) is 0 Å². The largest absolute Gasteiger partial charge is 0.435 e. The van der Waals surface area contributed by atoms with Gasteiger partial charge in [0.05, 0.1) is 11.2 Å². The Morgan fingerprint density at radius 1 is 1.17 bits per heavy atom. The van der Waals surface area contributed by atoms with Gasteiger partial charge < -0.3 is 10.1 Å². The zero-order valence-corrected chi connectivity index (χ0v) is 16.2. The van der Waals surface area contributed by atoms with Gasteiger partial charge in [-0.25, -0.2) is 14.4 Å². The standard InChI is InChI=1S/C19H13ClF3N3O2S/c20-14-9-24-19(29-10-11-3-1-2-4-15(11)21)26-16(14)17(27)25-12-5-7-13(8-6-12)28-18(22)23/h1-9,18H,10H2,(H,25,27). The number of thioether (sulfide) groups is 1. The molecule has 3 rings (SSSR count). The van der Waals surface area contributed by atoms with Crippen LogP contribution in [-0.2, 0) is 5.75 Å². The molecular formula is C19H13ClF3N3O2S. The Labute approximate surface area is 173 Å². The summed E-state index contributed by atoms with van der Waals surface area (Å²) >= 11 is 7.18. The zero-order valence-electron chi connectivity index (χ0n) is 14.6. The molecule has 0 unspecified atom stereocenters. The minimum Gasteiger partial charge on any atom is -0.435 e. The number of anilines is 1. The van der Waals surface area contributed by atoms with Crippen molar-refractivity contribution in [3.63, 3.8) is 0 Å². The second-order valence-corrected chi connectivity index (χ2v) is 6.94. The van der Waals surface area contributed by atoms with E-state index in [1.165, 1.54) is 36.5 Å². The van der Waals surface area contributed by atoms with Crippen LogP contribution in [0.2, 0.25) is 5.02 Å². The normalized spacial score (nSPS) is 10.8. The average molecular weight is 440 g/mol. The van der Waals surface area contributed by atoms with Crippen LogP contribution in [0.4, 0.5) is 18.9 Å². The summed E-state index contributed by atoms with van der Waals surface area (Å²) in [5.74, 6) is -0.704. The molecule has 1 N–H and O–H groups in total. The minimum atomic E-state index is -2.93. The third-order valence-electron chi connectivity index (χ3n) is 3.59. The van der Waals surface area contributed by atoms with Gasteiger partial charge in [0.1, 0.15) is 11.6 Å². The summed E-state index contributed by atoms with van der Waals surface area (Å²) in [5, 5.41) is 2.85. The summed E-state index contributed by atoms with van der Waals surface area (Å²) in [4.78, 5) is 20.6. The maximum Gasteiger partial charge on any atom is 0.387 e. The lowest BCUT2D eigenvalue weighted by molar-refractivity contribution is -0.0498. The third-order valence-corrected chi connectivity index (χ3v) is 4.78. The molecule has 5 nitrogen and oxygen atoms in total. The highest BCUT2D eigenvalue weighted by atomic mass is 35.5. The molecule has 3 aromatic rings. The van der Waals surface area contributed by atoms with Gasteiger partial charge in [0.25, 0.3) is 5.91 Å². The molecule has 0 aliphatic heterocycles. The highest BCUT2D eigenvalue weighted by Gasteiger charge is 2.15. The van der Waals surface area contributed by atoms with Gasteiger partial charge in [-0.3, -0.25) is 4.79 Å². The lowest BCUT2D eigenvalue weighted by Crippen LogP contribution is -2.15. The van der Waals surface area contributed by atoms with Crippen LogP contribution < -0.4 is 10.1 Å². The number of carbonyl (C=O) groups excluding carboxylic acids is 1. The van der Waals surface area contributed by atoms with Crippen molar-refractivity contribution in [2.24, 2.45) is 0 Å². The molecule has 10 heteroatoms. The number of nitrogens with one attached hydrogen (secondary N) is 1. The molecular weight excluding hydrogens is 427 g/mol. The van der Waals surface area contributed by atoms with Gasteiger partial charge >= 0.3 is 6.61 Å². The number of halogens is 4. The highest BCUT2D eigenvalue weighted by Crippen LogP contribution is 2.24. The maximum atomic E-state index is 13.7. The molecule has 0 aliphatic rings. The number of carbonyl (C=O) groups is 1. The lowest BCUT2D eigenvalue weighted by atomic mass is 10.2. The quantitative estimate of drug-likeness (QED) is 0.393. The van der Waals surface area contributed by atoms with E-state index in [0.29, 0.717) is 11.3 Å². The third kappa shape index (κ3) is 5.85. The van der Waals surface area contributed by atoms with E-state index >= 15 is 0 Å². The molecule has 0 spiro atoms. The summed E-state index contributed by atoms with van der Waals surface area (Å²) in [5.41, 5.74) is 0.755. The number of alkyl halides is 2. The molecule has 0 radical (unpaired) electrons. The zero-order chi connectivity index (χ0) is 20.8. The fraction of sp³-hybridized carbons (Fsp3) is 0.105. The molecule has 0 bridgehead atoms. The first-order valence-electron chi connectivity index (χ1n) is 8.17. The van der Waals surface area contributed by atoms with Crippen molar-refractivity contribution in [1.82, 2.24) is 9.97 Å². The van der Waals surface area contributed by atoms with E-state index in [9.17, 15) is 18.0 Å². The van der Waals surface area contributed by atoms with E-state index in [1.54, 1.807) is 18.2 Å². The fourth-order valence-corrected chi connectivity index (χ4v) is 3.23. The van der Waals surface area contributed by atoms with Crippen molar-refractivity contribution in [2.75, 3.05) is 5.32 Å². The van der Waals surface area contributed by atoms with Crippen LogP contribution >= 0.6 is 23.4 Å². The number of rotatable bonds is 7. The van der Waals surface area contributed by atoms with Crippen molar-refractivity contribution >= 4 is 35.0 Å². The van der Waals surface area contributed by atoms with E-state index in [1.807, 2.05) is 0 Å². The number of hydrogen-bond donors (Lipinski definition) is 1. The van der Waals surface area contributed by atoms with Crippen molar-refractivity contribution < 1.29 is 22.7 Å². The second kappa shape index (κ2) is 9.62. The van der Waals surface area contributed by atoms with Gasteiger partial charge in [-0.15, -0.1) is 0 Å². The predicted molar refractivity (Wildman–Crippen MR) is 104 cm³/mol. The van der Waals surface area contributed by atoms with Gasteiger partial charge in [0.2, 0.25) is 0 Å². The Kier molecular flexibility index (Phi) is 6.95. The Balaban J connectivity index is 1.68. The summed E-state index contributed by atoms with van der Waals surface area (Å²) in [7, 11) is 0. The van der Waals surface area contributed by atoms with E-state index in [2.05, 4.69) is 20.0 Å². The molecule has 150 valence electrons. The number of amides is 1. The van der Waals surface area contributed by atoms with Gasteiger partial charge in [-0.05, 0) is 35.9 Å². The number of benzene rings is 2. The van der Waals surface area contributed by atoms with Crippen LogP contribution in [0.3, 0.4) is 0 Å². The average Bonchev–Trinajstić information content (AvgIpc) is 2.69. The molecule has 0 saturated carbocycles. The predicted octanol–water partition coefficient (Wildman–Crippen LogP) is 5.42. The van der Waals surface area contributed by atoms with Crippen LogP contribution in [0, 0.1) is 5.82 Å². The van der Waals surface area contributed by atoms with Crippen molar-refractivity contribution in [3.8, 4) is 5.75 Å². The number of nitrogens with zero attached hydrogens (tertiary/aromatic N) is 2.